The molecule has 14 nitrogen and oxygen atoms in total. The fourth-order valence-electron chi connectivity index (χ4n) is 9.17. The van der Waals surface area contributed by atoms with Crippen LogP contribution in [0, 0.1) is 16.7 Å². The summed E-state index contributed by atoms with van der Waals surface area (Å²) in [5.74, 6) is -1.10. The number of aromatic nitrogens is 1. The standard InChI is InChI=1S/C58H78N6O8/c1-12-13-15-22-42-29-31-48(49(50(42)66)44-33-38(4)24-30-43(44)37(2)3)72-56(70)62-51(57(5,6)7)53(67)60-46(34-39-20-16-14-17-21-39)47(65)36-64(63-54(68)52(58(8,9)10)61-55(69)71-11)35-40-25-27-41(28-26-40)45-23-18-19-32-59-45/h14,16-21,23,25-29,31-33,43-44,46-47,51-52,65-66H,2,12-13,15,22,24,30,34-36H2,1,3-11H3,(H,60,67)(H,61,69)(H,62,70)(H,63,68)/t43?,44?,46-,47-,51+,52+/m0/s1. The number of carbonyl (C=O) groups is 4. The second kappa shape index (κ2) is 25.7. The average Bonchev–Trinajstić information content (AvgIpc) is 3.32. The number of pyridine rings is 1. The first-order valence-corrected chi connectivity index (χ1v) is 25.2. The maximum atomic E-state index is 14.7. The van der Waals surface area contributed by atoms with Gasteiger partial charge in [-0.15, -0.1) is 0 Å². The molecule has 4 aromatic rings. The van der Waals surface area contributed by atoms with Crippen LogP contribution in [0.1, 0.15) is 123 Å². The summed E-state index contributed by atoms with van der Waals surface area (Å²) in [4.78, 5) is 59.9. The fourth-order valence-corrected chi connectivity index (χ4v) is 9.17. The molecule has 6 N–H and O–H groups in total. The quantitative estimate of drug-likeness (QED) is 0.0266. The third-order valence-electron chi connectivity index (χ3n) is 13.2. The topological polar surface area (TPSA) is 191 Å². The molecular formula is C58H78N6O8. The zero-order chi connectivity index (χ0) is 52.8. The molecule has 3 aromatic carbocycles. The second-order valence-corrected chi connectivity index (χ2v) is 21.4. The lowest BCUT2D eigenvalue weighted by molar-refractivity contribution is -0.132. The van der Waals surface area contributed by atoms with Crippen molar-refractivity contribution < 1.29 is 38.9 Å². The van der Waals surface area contributed by atoms with Crippen LogP contribution < -0.4 is 26.1 Å². The number of allylic oxidation sites excluding steroid dienone is 3. The van der Waals surface area contributed by atoms with Gasteiger partial charge in [0.2, 0.25) is 5.91 Å². The van der Waals surface area contributed by atoms with Gasteiger partial charge < -0.3 is 35.6 Å². The maximum absolute atomic E-state index is 14.7. The summed E-state index contributed by atoms with van der Waals surface area (Å²) in [5, 5.41) is 34.4. The van der Waals surface area contributed by atoms with Crippen molar-refractivity contribution in [2.24, 2.45) is 16.7 Å². The number of aliphatic hydroxyl groups excluding tert-OH is 1. The van der Waals surface area contributed by atoms with E-state index in [4.69, 9.17) is 9.47 Å². The van der Waals surface area contributed by atoms with E-state index in [1.165, 1.54) is 12.7 Å². The summed E-state index contributed by atoms with van der Waals surface area (Å²) in [6.07, 6.45) is 6.42. The van der Waals surface area contributed by atoms with Crippen molar-refractivity contribution in [3.05, 3.63) is 137 Å². The molecule has 4 amide bonds. The van der Waals surface area contributed by atoms with E-state index < -0.39 is 59.1 Å². The zero-order valence-electron chi connectivity index (χ0n) is 44.0. The highest BCUT2D eigenvalue weighted by atomic mass is 16.6. The molecule has 0 saturated heterocycles. The largest absolute Gasteiger partial charge is 0.507 e. The Morgan fingerprint density at radius 3 is 2.10 bits per heavy atom. The maximum Gasteiger partial charge on any atom is 0.413 e. The highest BCUT2D eigenvalue weighted by Crippen LogP contribution is 2.48. The molecule has 1 aromatic heterocycles. The van der Waals surface area contributed by atoms with Crippen LogP contribution in [0.3, 0.4) is 0 Å². The normalized spacial score (nSPS) is 16.6. The number of nitrogens with one attached hydrogen (secondary N) is 4. The molecule has 14 heteroatoms. The number of nitrogens with zero attached hydrogens (tertiary/aromatic N) is 2. The number of benzene rings is 3. The van der Waals surface area contributed by atoms with Crippen molar-refractivity contribution in [2.45, 2.75) is 144 Å². The molecule has 0 saturated carbocycles. The van der Waals surface area contributed by atoms with Gasteiger partial charge in [-0.25, -0.2) is 14.6 Å². The van der Waals surface area contributed by atoms with E-state index in [1.807, 2.05) is 121 Å². The zero-order valence-corrected chi connectivity index (χ0v) is 44.0. The molecule has 388 valence electrons. The molecule has 72 heavy (non-hydrogen) atoms. The van der Waals surface area contributed by atoms with Gasteiger partial charge in [0.15, 0.2) is 0 Å². The predicted octanol–water partition coefficient (Wildman–Crippen LogP) is 10.1. The molecule has 6 atom stereocenters. The summed E-state index contributed by atoms with van der Waals surface area (Å²) in [5.41, 5.74) is 8.08. The van der Waals surface area contributed by atoms with Crippen LogP contribution in [-0.2, 0) is 33.7 Å². The van der Waals surface area contributed by atoms with E-state index in [9.17, 15) is 29.4 Å². The number of phenols is 1. The third kappa shape index (κ3) is 16.0. The van der Waals surface area contributed by atoms with Crippen molar-refractivity contribution in [1.29, 1.82) is 0 Å². The number of phenolic OH excluding ortho intramolecular Hbond substituents is 1. The van der Waals surface area contributed by atoms with Crippen LogP contribution >= 0.6 is 0 Å². The molecule has 1 aliphatic rings. The number of hydrogen-bond donors (Lipinski definition) is 6. The Labute approximate surface area is 427 Å². The van der Waals surface area contributed by atoms with Crippen LogP contribution in [0.15, 0.2) is 115 Å². The summed E-state index contributed by atoms with van der Waals surface area (Å²) in [7, 11) is 1.22. The van der Waals surface area contributed by atoms with Gasteiger partial charge in [0.1, 0.15) is 23.6 Å². The van der Waals surface area contributed by atoms with Crippen LogP contribution in [0.5, 0.6) is 11.5 Å². The number of aliphatic hydroxyl groups is 1. The Hall–Kier alpha value is -6.51. The Morgan fingerprint density at radius 1 is 0.833 bits per heavy atom. The molecular weight excluding hydrogens is 909 g/mol. The fraction of sp³-hybridized carbons (Fsp3) is 0.466. The van der Waals surface area contributed by atoms with Crippen molar-refractivity contribution >= 4 is 24.0 Å². The number of ether oxygens (including phenoxy) is 2. The summed E-state index contributed by atoms with van der Waals surface area (Å²) in [6, 6.07) is 23.1. The van der Waals surface area contributed by atoms with Crippen LogP contribution in [0.2, 0.25) is 0 Å². The van der Waals surface area contributed by atoms with E-state index in [1.54, 1.807) is 23.3 Å². The van der Waals surface area contributed by atoms with E-state index in [0.717, 1.165) is 65.6 Å². The Balaban J connectivity index is 1.45. The van der Waals surface area contributed by atoms with Gasteiger partial charge >= 0.3 is 12.2 Å². The number of methoxy groups -OCH3 is 1. The highest BCUT2D eigenvalue weighted by Gasteiger charge is 2.39. The molecule has 1 aliphatic carbocycles. The number of unbranched alkanes of at least 4 members (excludes halogenated alkanes) is 2. The van der Waals surface area contributed by atoms with Crippen LogP contribution in [0.25, 0.3) is 11.3 Å². The molecule has 0 spiro atoms. The summed E-state index contributed by atoms with van der Waals surface area (Å²) in [6.45, 7) is 21.3. The van der Waals surface area contributed by atoms with E-state index in [-0.39, 0.29) is 42.8 Å². The molecule has 2 unspecified atom stereocenters. The van der Waals surface area contributed by atoms with Crippen molar-refractivity contribution in [3.8, 4) is 22.8 Å². The summed E-state index contributed by atoms with van der Waals surface area (Å²) >= 11 is 0. The first kappa shape index (κ1) is 56.4. The number of aromatic hydroxyl groups is 1. The Morgan fingerprint density at radius 2 is 1.49 bits per heavy atom. The lowest BCUT2D eigenvalue weighted by atomic mass is 9.73. The number of alkyl carbamates (subject to hydrolysis) is 1. The monoisotopic (exact) mass is 987 g/mol. The third-order valence-corrected chi connectivity index (χ3v) is 13.2. The van der Waals surface area contributed by atoms with Crippen molar-refractivity contribution in [3.63, 3.8) is 0 Å². The minimum Gasteiger partial charge on any atom is -0.507 e. The van der Waals surface area contributed by atoms with Gasteiger partial charge in [-0.05, 0) is 97.6 Å². The first-order valence-electron chi connectivity index (χ1n) is 25.2. The SMILES string of the molecule is C=C(C)C1CCC(C)=CC1c1c(OC(=O)N[C@H](C(=O)N[C@@H](Cc2ccccc2)[C@@H](O)CN(Cc2ccc(-c3ccccn3)cc2)NC(=O)[C@@H](NC(=O)OC)C(C)(C)C)C(C)(C)C)ccc(CCCCC)c1O. The molecule has 0 aliphatic heterocycles. The summed E-state index contributed by atoms with van der Waals surface area (Å²) < 4.78 is 11.0. The van der Waals surface area contributed by atoms with Gasteiger partial charge in [-0.1, -0.05) is 152 Å². The Kier molecular flexibility index (Phi) is 20.2. The number of hydrogen-bond acceptors (Lipinski definition) is 10. The van der Waals surface area contributed by atoms with Crippen LogP contribution in [0.4, 0.5) is 9.59 Å². The van der Waals surface area contributed by atoms with E-state index in [0.29, 0.717) is 12.0 Å². The van der Waals surface area contributed by atoms with Gasteiger partial charge in [0.25, 0.3) is 5.91 Å². The number of carbonyl (C=O) groups excluding carboxylic acids is 4. The molecule has 1 heterocycles. The minimum absolute atomic E-state index is 0.00964. The second-order valence-electron chi connectivity index (χ2n) is 21.4. The van der Waals surface area contributed by atoms with Gasteiger partial charge in [0.05, 0.1) is 24.9 Å². The van der Waals surface area contributed by atoms with Crippen molar-refractivity contribution in [1.82, 2.24) is 31.4 Å². The number of rotatable bonds is 21. The number of aryl methyl sites for hydroxylation is 1. The molecule has 5 rings (SSSR count). The van der Waals surface area contributed by atoms with Gasteiger partial charge in [0, 0.05) is 36.3 Å². The van der Waals surface area contributed by atoms with Crippen LogP contribution in [-0.4, -0.2) is 82.1 Å². The van der Waals surface area contributed by atoms with Crippen molar-refractivity contribution in [2.75, 3.05) is 13.7 Å². The predicted molar refractivity (Wildman–Crippen MR) is 283 cm³/mol. The number of amides is 4. The first-order chi connectivity index (χ1) is 34.1. The smallest absolute Gasteiger partial charge is 0.413 e. The minimum atomic E-state index is -1.30. The van der Waals surface area contributed by atoms with Gasteiger partial charge in [-0.2, -0.15) is 0 Å². The van der Waals surface area contributed by atoms with E-state index in [2.05, 4.69) is 52.9 Å². The number of hydrazine groups is 1. The molecule has 0 fully saturated rings. The lowest BCUT2D eigenvalue weighted by Gasteiger charge is -2.36. The van der Waals surface area contributed by atoms with E-state index >= 15 is 0 Å². The Bertz CT molecular complexity index is 2480. The highest BCUT2D eigenvalue weighted by molar-refractivity contribution is 5.87. The molecule has 0 bridgehead atoms. The lowest BCUT2D eigenvalue weighted by Crippen LogP contribution is -2.61. The average molecular weight is 987 g/mol. The van der Waals surface area contributed by atoms with Gasteiger partial charge in [-0.3, -0.25) is 20.0 Å². The molecule has 0 radical (unpaired) electrons.